The highest BCUT2D eigenvalue weighted by atomic mass is 16.5. The first kappa shape index (κ1) is 12.2. The standard InChI is InChI=1S/C16H17NO2/c1-2-4-13(5-3-1)12-18-15-10-16(11-15)19-14-6-8-17-9-7-14/h1-9,15-16H,10-12H2. The molecule has 0 spiro atoms. The van der Waals surface area contributed by atoms with Gasteiger partial charge in [-0.1, -0.05) is 30.3 Å². The average molecular weight is 255 g/mol. The zero-order chi connectivity index (χ0) is 12.9. The average Bonchev–Trinajstić information content (AvgIpc) is 2.43. The van der Waals surface area contributed by atoms with Gasteiger partial charge in [-0.3, -0.25) is 4.98 Å². The van der Waals surface area contributed by atoms with Crippen LogP contribution in [0.4, 0.5) is 0 Å². The molecule has 0 saturated heterocycles. The monoisotopic (exact) mass is 255 g/mol. The zero-order valence-corrected chi connectivity index (χ0v) is 10.7. The van der Waals surface area contributed by atoms with Gasteiger partial charge in [-0.05, 0) is 17.7 Å². The highest BCUT2D eigenvalue weighted by Gasteiger charge is 2.31. The van der Waals surface area contributed by atoms with Crippen LogP contribution < -0.4 is 4.74 Å². The minimum Gasteiger partial charge on any atom is -0.490 e. The van der Waals surface area contributed by atoms with Crippen molar-refractivity contribution < 1.29 is 9.47 Å². The van der Waals surface area contributed by atoms with Crippen molar-refractivity contribution in [2.24, 2.45) is 0 Å². The molecule has 0 aliphatic heterocycles. The third-order valence-corrected chi connectivity index (χ3v) is 3.33. The van der Waals surface area contributed by atoms with Crippen molar-refractivity contribution in [2.75, 3.05) is 0 Å². The van der Waals surface area contributed by atoms with Crippen molar-refractivity contribution >= 4 is 0 Å². The SMILES string of the molecule is c1ccc(COC2CC(Oc3ccncc3)C2)cc1. The summed E-state index contributed by atoms with van der Waals surface area (Å²) in [6, 6.07) is 14.0. The second-order valence-corrected chi connectivity index (χ2v) is 4.81. The van der Waals surface area contributed by atoms with Crippen molar-refractivity contribution in [3.05, 3.63) is 60.4 Å². The molecule has 1 aromatic heterocycles. The molecule has 1 aliphatic rings. The van der Waals surface area contributed by atoms with Crippen LogP contribution in [0.3, 0.4) is 0 Å². The van der Waals surface area contributed by atoms with Crippen LogP contribution in [-0.2, 0) is 11.3 Å². The van der Waals surface area contributed by atoms with Gasteiger partial charge >= 0.3 is 0 Å². The lowest BCUT2D eigenvalue weighted by Gasteiger charge is -2.35. The van der Waals surface area contributed by atoms with Gasteiger partial charge in [-0.2, -0.15) is 0 Å². The molecule has 1 fully saturated rings. The molecule has 19 heavy (non-hydrogen) atoms. The molecule has 1 heterocycles. The molecule has 1 saturated carbocycles. The molecule has 1 aromatic carbocycles. The van der Waals surface area contributed by atoms with Gasteiger partial charge in [-0.25, -0.2) is 0 Å². The van der Waals surface area contributed by atoms with Crippen molar-refractivity contribution in [3.63, 3.8) is 0 Å². The molecule has 0 unspecified atom stereocenters. The summed E-state index contributed by atoms with van der Waals surface area (Å²) in [4.78, 5) is 3.97. The predicted octanol–water partition coefficient (Wildman–Crippen LogP) is 3.21. The molecule has 0 radical (unpaired) electrons. The highest BCUT2D eigenvalue weighted by molar-refractivity contribution is 5.18. The van der Waals surface area contributed by atoms with Crippen molar-refractivity contribution in [1.82, 2.24) is 4.98 Å². The molecule has 0 atom stereocenters. The van der Waals surface area contributed by atoms with E-state index in [9.17, 15) is 0 Å². The van der Waals surface area contributed by atoms with Gasteiger partial charge in [0.2, 0.25) is 0 Å². The van der Waals surface area contributed by atoms with E-state index in [0.29, 0.717) is 12.7 Å². The molecule has 0 N–H and O–H groups in total. The fourth-order valence-corrected chi connectivity index (χ4v) is 2.15. The molecule has 0 amide bonds. The van der Waals surface area contributed by atoms with Gasteiger partial charge in [0.15, 0.2) is 0 Å². The first-order chi connectivity index (χ1) is 9.40. The molecule has 98 valence electrons. The van der Waals surface area contributed by atoms with Crippen molar-refractivity contribution in [2.45, 2.75) is 31.7 Å². The molecule has 3 nitrogen and oxygen atoms in total. The summed E-state index contributed by atoms with van der Waals surface area (Å²) in [5.74, 6) is 0.890. The predicted molar refractivity (Wildman–Crippen MR) is 72.9 cm³/mol. The Morgan fingerprint density at radius 1 is 0.947 bits per heavy atom. The number of ether oxygens (including phenoxy) is 2. The number of aromatic nitrogens is 1. The van der Waals surface area contributed by atoms with Gasteiger partial charge in [0.1, 0.15) is 11.9 Å². The van der Waals surface area contributed by atoms with Gasteiger partial charge in [0.05, 0.1) is 12.7 Å². The summed E-state index contributed by atoms with van der Waals surface area (Å²) in [6.07, 6.45) is 6.04. The maximum atomic E-state index is 5.84. The minimum atomic E-state index is 0.281. The number of hydrogen-bond acceptors (Lipinski definition) is 3. The normalized spacial score (nSPS) is 21.7. The summed E-state index contributed by atoms with van der Waals surface area (Å²) in [5.41, 5.74) is 1.22. The number of rotatable bonds is 5. The lowest BCUT2D eigenvalue weighted by molar-refractivity contribution is -0.0683. The van der Waals surface area contributed by atoms with Crippen LogP contribution in [0.25, 0.3) is 0 Å². The van der Waals surface area contributed by atoms with E-state index in [0.717, 1.165) is 18.6 Å². The van der Waals surface area contributed by atoms with Crippen molar-refractivity contribution in [1.29, 1.82) is 0 Å². The van der Waals surface area contributed by atoms with Crippen LogP contribution in [0.1, 0.15) is 18.4 Å². The quantitative estimate of drug-likeness (QED) is 0.822. The summed E-state index contributed by atoms with van der Waals surface area (Å²) >= 11 is 0. The molecule has 0 bridgehead atoms. The Morgan fingerprint density at radius 3 is 2.42 bits per heavy atom. The number of hydrogen-bond donors (Lipinski definition) is 0. The zero-order valence-electron chi connectivity index (χ0n) is 10.7. The molecule has 3 heteroatoms. The Hall–Kier alpha value is -1.87. The maximum Gasteiger partial charge on any atom is 0.122 e. The van der Waals surface area contributed by atoms with E-state index in [2.05, 4.69) is 17.1 Å². The third-order valence-electron chi connectivity index (χ3n) is 3.33. The Bertz CT molecular complexity index is 495. The topological polar surface area (TPSA) is 31.4 Å². The van der Waals surface area contributed by atoms with E-state index in [-0.39, 0.29) is 6.10 Å². The van der Waals surface area contributed by atoms with Gasteiger partial charge < -0.3 is 9.47 Å². The van der Waals surface area contributed by atoms with E-state index < -0.39 is 0 Å². The second kappa shape index (κ2) is 5.85. The smallest absolute Gasteiger partial charge is 0.122 e. The van der Waals surface area contributed by atoms with Crippen LogP contribution in [0.2, 0.25) is 0 Å². The molecule has 3 rings (SSSR count). The largest absolute Gasteiger partial charge is 0.490 e. The lowest BCUT2D eigenvalue weighted by atomic mass is 9.92. The van der Waals surface area contributed by atoms with E-state index in [1.54, 1.807) is 12.4 Å². The van der Waals surface area contributed by atoms with Crippen molar-refractivity contribution in [3.8, 4) is 5.75 Å². The van der Waals surface area contributed by atoms with Crippen LogP contribution in [0.15, 0.2) is 54.9 Å². The number of benzene rings is 1. The highest BCUT2D eigenvalue weighted by Crippen LogP contribution is 2.28. The van der Waals surface area contributed by atoms with Crippen LogP contribution in [0.5, 0.6) is 5.75 Å². The van der Waals surface area contributed by atoms with Crippen LogP contribution in [-0.4, -0.2) is 17.2 Å². The summed E-state index contributed by atoms with van der Waals surface area (Å²) in [5, 5.41) is 0. The number of pyridine rings is 1. The van der Waals surface area contributed by atoms with Gasteiger partial charge in [-0.15, -0.1) is 0 Å². The fraction of sp³-hybridized carbons (Fsp3) is 0.312. The Balaban J connectivity index is 1.39. The van der Waals surface area contributed by atoms with Crippen LogP contribution in [0, 0.1) is 0 Å². The Kier molecular flexibility index (Phi) is 3.75. The first-order valence-corrected chi connectivity index (χ1v) is 6.62. The third kappa shape index (κ3) is 3.32. The fourth-order valence-electron chi connectivity index (χ4n) is 2.15. The van der Waals surface area contributed by atoms with Gasteiger partial charge in [0, 0.05) is 25.2 Å². The van der Waals surface area contributed by atoms with E-state index in [1.807, 2.05) is 30.3 Å². The minimum absolute atomic E-state index is 0.281. The van der Waals surface area contributed by atoms with E-state index in [1.165, 1.54) is 5.56 Å². The van der Waals surface area contributed by atoms with Crippen LogP contribution >= 0.6 is 0 Å². The molecular weight excluding hydrogens is 238 g/mol. The van der Waals surface area contributed by atoms with E-state index >= 15 is 0 Å². The van der Waals surface area contributed by atoms with Gasteiger partial charge in [0.25, 0.3) is 0 Å². The molecule has 2 aromatic rings. The molecule has 1 aliphatic carbocycles. The Labute approximate surface area is 113 Å². The molecular formula is C16H17NO2. The number of nitrogens with zero attached hydrogens (tertiary/aromatic N) is 1. The summed E-state index contributed by atoms with van der Waals surface area (Å²) in [6.45, 7) is 0.688. The Morgan fingerprint density at radius 2 is 1.68 bits per heavy atom. The maximum absolute atomic E-state index is 5.84. The summed E-state index contributed by atoms with van der Waals surface area (Å²) < 4.78 is 11.7. The second-order valence-electron chi connectivity index (χ2n) is 4.81. The van der Waals surface area contributed by atoms with E-state index in [4.69, 9.17) is 9.47 Å². The summed E-state index contributed by atoms with van der Waals surface area (Å²) in [7, 11) is 0. The lowest BCUT2D eigenvalue weighted by Crippen LogP contribution is -2.39. The first-order valence-electron chi connectivity index (χ1n) is 6.62.